The summed E-state index contributed by atoms with van der Waals surface area (Å²) in [4.78, 5) is 4.05. The average Bonchev–Trinajstić information content (AvgIpc) is 2.90. The molecule has 2 aromatic rings. The second-order valence-electron chi connectivity index (χ2n) is 4.11. The molecule has 0 aliphatic heterocycles. The fourth-order valence-corrected chi connectivity index (χ4v) is 1.78. The zero-order valence-corrected chi connectivity index (χ0v) is 10.6. The lowest BCUT2D eigenvalue weighted by molar-refractivity contribution is -0.274. The zero-order chi connectivity index (χ0) is 14.6. The van der Waals surface area contributed by atoms with Crippen LogP contribution in [0, 0.1) is 0 Å². The van der Waals surface area contributed by atoms with Crippen molar-refractivity contribution < 1.29 is 17.9 Å². The van der Waals surface area contributed by atoms with Gasteiger partial charge in [0.25, 0.3) is 0 Å². The largest absolute Gasteiger partial charge is 0.573 e. The smallest absolute Gasteiger partial charge is 0.406 e. The third-order valence-corrected chi connectivity index (χ3v) is 2.71. The van der Waals surface area contributed by atoms with E-state index in [0.717, 1.165) is 5.56 Å². The Morgan fingerprint density at radius 2 is 2.00 bits per heavy atom. The van der Waals surface area contributed by atoms with Crippen molar-refractivity contribution >= 4 is 0 Å². The molecule has 20 heavy (non-hydrogen) atoms. The monoisotopic (exact) mass is 286 g/mol. The van der Waals surface area contributed by atoms with Crippen LogP contribution in [0.1, 0.15) is 17.4 Å². The minimum Gasteiger partial charge on any atom is -0.406 e. The maximum atomic E-state index is 12.0. The van der Waals surface area contributed by atoms with Crippen LogP contribution < -0.4 is 10.1 Å². The fourth-order valence-electron chi connectivity index (χ4n) is 1.78. The van der Waals surface area contributed by atoms with Gasteiger partial charge < -0.3 is 10.1 Å². The Hall–Kier alpha value is -2.09. The van der Waals surface area contributed by atoms with Gasteiger partial charge in [-0.3, -0.25) is 5.10 Å². The number of alkyl halides is 3. The molecule has 1 aromatic heterocycles. The van der Waals surface area contributed by atoms with Crippen LogP contribution in [0.25, 0.3) is 0 Å². The van der Waals surface area contributed by atoms with Gasteiger partial charge in [-0.25, -0.2) is 4.98 Å². The molecule has 5 nitrogen and oxygen atoms in total. The first-order valence-electron chi connectivity index (χ1n) is 5.85. The Labute approximate surface area is 113 Å². The molecule has 1 unspecified atom stereocenters. The highest BCUT2D eigenvalue weighted by atomic mass is 19.4. The summed E-state index contributed by atoms with van der Waals surface area (Å²) in [7, 11) is 1.77. The molecule has 108 valence electrons. The second kappa shape index (κ2) is 5.91. The topological polar surface area (TPSA) is 62.8 Å². The van der Waals surface area contributed by atoms with Crippen molar-refractivity contribution in [3.63, 3.8) is 0 Å². The van der Waals surface area contributed by atoms with Crippen molar-refractivity contribution in [1.29, 1.82) is 0 Å². The van der Waals surface area contributed by atoms with Crippen LogP contribution in [0.3, 0.4) is 0 Å². The Balaban J connectivity index is 2.03. The molecule has 0 aliphatic rings. The standard InChI is InChI=1S/C12H13F3N4O/c1-16-10(11-17-7-18-19-11)6-8-2-4-9(5-3-8)20-12(13,14)15/h2-5,7,10,16H,6H2,1H3,(H,17,18,19). The molecule has 0 aliphatic carbocycles. The number of aromatic nitrogens is 3. The van der Waals surface area contributed by atoms with Gasteiger partial charge in [-0.2, -0.15) is 5.10 Å². The molecule has 0 amide bonds. The van der Waals surface area contributed by atoms with Gasteiger partial charge in [0.2, 0.25) is 0 Å². The summed E-state index contributed by atoms with van der Waals surface area (Å²) < 4.78 is 39.9. The second-order valence-corrected chi connectivity index (χ2v) is 4.11. The van der Waals surface area contributed by atoms with E-state index < -0.39 is 6.36 Å². The van der Waals surface area contributed by atoms with Crippen LogP contribution in [-0.2, 0) is 6.42 Å². The number of benzene rings is 1. The highest BCUT2D eigenvalue weighted by molar-refractivity contribution is 5.28. The summed E-state index contributed by atoms with van der Waals surface area (Å²) in [6, 6.07) is 5.65. The van der Waals surface area contributed by atoms with E-state index in [0.29, 0.717) is 12.2 Å². The van der Waals surface area contributed by atoms with Crippen LogP contribution in [0.5, 0.6) is 5.75 Å². The third-order valence-electron chi connectivity index (χ3n) is 2.71. The van der Waals surface area contributed by atoms with Gasteiger partial charge in [-0.1, -0.05) is 12.1 Å². The molecule has 8 heteroatoms. The third kappa shape index (κ3) is 3.95. The number of H-pyrrole nitrogens is 1. The van der Waals surface area contributed by atoms with Gasteiger partial charge >= 0.3 is 6.36 Å². The normalized spacial score (nSPS) is 13.2. The first kappa shape index (κ1) is 14.3. The summed E-state index contributed by atoms with van der Waals surface area (Å²) in [6.07, 6.45) is -2.70. The van der Waals surface area contributed by atoms with E-state index in [1.807, 2.05) is 0 Å². The highest BCUT2D eigenvalue weighted by Gasteiger charge is 2.30. The lowest BCUT2D eigenvalue weighted by Gasteiger charge is -2.14. The minimum atomic E-state index is -4.67. The molecule has 1 heterocycles. The minimum absolute atomic E-state index is 0.0908. The molecular formula is C12H13F3N4O. The molecule has 1 atom stereocenters. The van der Waals surface area contributed by atoms with Crippen molar-refractivity contribution in [1.82, 2.24) is 20.5 Å². The predicted molar refractivity (Wildman–Crippen MR) is 65.0 cm³/mol. The van der Waals surface area contributed by atoms with E-state index >= 15 is 0 Å². The fraction of sp³-hybridized carbons (Fsp3) is 0.333. The summed E-state index contributed by atoms with van der Waals surface area (Å²) in [5.74, 6) is 0.435. The Bertz CT molecular complexity index is 525. The summed E-state index contributed by atoms with van der Waals surface area (Å²) >= 11 is 0. The Kier molecular flexibility index (Phi) is 4.23. The van der Waals surface area contributed by atoms with E-state index in [4.69, 9.17) is 0 Å². The maximum absolute atomic E-state index is 12.0. The van der Waals surface area contributed by atoms with Crippen LogP contribution >= 0.6 is 0 Å². The molecule has 0 spiro atoms. The number of halogens is 3. The van der Waals surface area contributed by atoms with Crippen LogP contribution in [-0.4, -0.2) is 28.6 Å². The Morgan fingerprint density at radius 3 is 2.50 bits per heavy atom. The first-order chi connectivity index (χ1) is 9.48. The van der Waals surface area contributed by atoms with E-state index in [9.17, 15) is 13.2 Å². The first-order valence-corrected chi connectivity index (χ1v) is 5.85. The number of aromatic amines is 1. The molecule has 2 N–H and O–H groups in total. The molecular weight excluding hydrogens is 273 g/mol. The summed E-state index contributed by atoms with van der Waals surface area (Å²) in [5.41, 5.74) is 0.857. The van der Waals surface area contributed by atoms with Crippen molar-refractivity contribution in [3.8, 4) is 5.75 Å². The van der Waals surface area contributed by atoms with Gasteiger partial charge in [0.05, 0.1) is 6.04 Å². The molecule has 0 radical (unpaired) electrons. The highest BCUT2D eigenvalue weighted by Crippen LogP contribution is 2.23. The summed E-state index contributed by atoms with van der Waals surface area (Å²) in [6.45, 7) is 0. The molecule has 0 bridgehead atoms. The number of nitrogens with zero attached hydrogens (tertiary/aromatic N) is 2. The van der Waals surface area contributed by atoms with Crippen LogP contribution in [0.15, 0.2) is 30.6 Å². The number of hydrogen-bond acceptors (Lipinski definition) is 4. The number of ether oxygens (including phenoxy) is 1. The molecule has 0 saturated heterocycles. The number of nitrogens with one attached hydrogen (secondary N) is 2. The predicted octanol–water partition coefficient (Wildman–Crippen LogP) is 2.21. The van der Waals surface area contributed by atoms with Gasteiger partial charge in [-0.05, 0) is 31.2 Å². The van der Waals surface area contributed by atoms with Crippen LogP contribution in [0.2, 0.25) is 0 Å². The molecule has 0 saturated carbocycles. The van der Waals surface area contributed by atoms with E-state index in [1.165, 1.54) is 18.5 Å². The molecule has 0 fully saturated rings. The number of hydrogen-bond donors (Lipinski definition) is 2. The number of rotatable bonds is 5. The van der Waals surface area contributed by atoms with Gasteiger partial charge in [0.15, 0.2) is 0 Å². The lowest BCUT2D eigenvalue weighted by atomic mass is 10.1. The summed E-state index contributed by atoms with van der Waals surface area (Å²) in [5, 5.41) is 9.58. The van der Waals surface area contributed by atoms with Crippen molar-refractivity contribution in [2.75, 3.05) is 7.05 Å². The van der Waals surface area contributed by atoms with E-state index in [1.54, 1.807) is 19.2 Å². The number of likely N-dealkylation sites (N-methyl/N-ethyl adjacent to an activating group) is 1. The lowest BCUT2D eigenvalue weighted by Crippen LogP contribution is -2.20. The van der Waals surface area contributed by atoms with E-state index in [-0.39, 0.29) is 11.8 Å². The van der Waals surface area contributed by atoms with Gasteiger partial charge in [-0.15, -0.1) is 13.2 Å². The van der Waals surface area contributed by atoms with E-state index in [2.05, 4.69) is 25.2 Å². The van der Waals surface area contributed by atoms with Gasteiger partial charge in [0.1, 0.15) is 17.9 Å². The molecule has 2 rings (SSSR count). The maximum Gasteiger partial charge on any atom is 0.573 e. The Morgan fingerprint density at radius 1 is 1.30 bits per heavy atom. The SMILES string of the molecule is CNC(Cc1ccc(OC(F)(F)F)cc1)c1ncn[nH]1. The van der Waals surface area contributed by atoms with Crippen molar-refractivity contribution in [2.45, 2.75) is 18.8 Å². The van der Waals surface area contributed by atoms with Crippen molar-refractivity contribution in [3.05, 3.63) is 42.0 Å². The van der Waals surface area contributed by atoms with Crippen molar-refractivity contribution in [2.24, 2.45) is 0 Å². The average molecular weight is 286 g/mol. The molecule has 1 aromatic carbocycles. The van der Waals surface area contributed by atoms with Crippen LogP contribution in [0.4, 0.5) is 13.2 Å². The zero-order valence-electron chi connectivity index (χ0n) is 10.6. The van der Waals surface area contributed by atoms with Gasteiger partial charge in [0, 0.05) is 0 Å². The quantitative estimate of drug-likeness (QED) is 0.884.